The van der Waals surface area contributed by atoms with Crippen molar-refractivity contribution in [3.05, 3.63) is 17.0 Å². The zero-order valence-electron chi connectivity index (χ0n) is 11.5. The van der Waals surface area contributed by atoms with Gasteiger partial charge >= 0.3 is 0 Å². The van der Waals surface area contributed by atoms with Crippen LogP contribution in [0.2, 0.25) is 0 Å². The number of hydrogen-bond donors (Lipinski definition) is 1. The van der Waals surface area contributed by atoms with Crippen LogP contribution in [-0.2, 0) is 22.9 Å². The Morgan fingerprint density at radius 2 is 1.95 bits per heavy atom. The Labute approximate surface area is 114 Å². The van der Waals surface area contributed by atoms with Crippen LogP contribution in [0.4, 0.5) is 0 Å². The Bertz CT molecular complexity index is 573. The highest BCUT2D eigenvalue weighted by Gasteiger charge is 2.33. The molecule has 106 valence electrons. The Kier molecular flexibility index (Phi) is 3.17. The van der Waals surface area contributed by atoms with Crippen LogP contribution in [0, 0.1) is 0 Å². The monoisotopic (exact) mass is 283 g/mol. The van der Waals surface area contributed by atoms with E-state index in [-0.39, 0.29) is 5.25 Å². The summed E-state index contributed by atoms with van der Waals surface area (Å²) in [6, 6.07) is 0. The molecule has 1 aromatic heterocycles. The van der Waals surface area contributed by atoms with Crippen molar-refractivity contribution in [1.82, 2.24) is 14.5 Å². The minimum absolute atomic E-state index is 0.343. The third kappa shape index (κ3) is 2.31. The van der Waals surface area contributed by atoms with Gasteiger partial charge in [0.2, 0.25) is 10.0 Å². The highest BCUT2D eigenvalue weighted by molar-refractivity contribution is 7.89. The van der Waals surface area contributed by atoms with Crippen molar-refractivity contribution in [2.75, 3.05) is 13.1 Å². The summed E-state index contributed by atoms with van der Waals surface area (Å²) >= 11 is 0. The minimum Gasteiger partial charge on any atom is -0.282 e. The number of hydrogen-bond acceptors (Lipinski definition) is 3. The number of sulfonamides is 1. The lowest BCUT2D eigenvalue weighted by molar-refractivity contribution is 0.419. The van der Waals surface area contributed by atoms with Gasteiger partial charge in [0.05, 0.1) is 10.9 Å². The van der Waals surface area contributed by atoms with Crippen molar-refractivity contribution >= 4 is 10.0 Å². The van der Waals surface area contributed by atoms with E-state index >= 15 is 0 Å². The summed E-state index contributed by atoms with van der Waals surface area (Å²) in [4.78, 5) is 0. The van der Waals surface area contributed by atoms with Gasteiger partial charge in [-0.3, -0.25) is 5.10 Å². The number of aromatic nitrogens is 2. The molecule has 2 heterocycles. The van der Waals surface area contributed by atoms with Gasteiger partial charge in [-0.25, -0.2) is 12.7 Å². The summed E-state index contributed by atoms with van der Waals surface area (Å²) < 4.78 is 26.1. The molecule has 2 aliphatic rings. The second kappa shape index (κ2) is 4.59. The Balaban J connectivity index is 1.82. The van der Waals surface area contributed by atoms with Gasteiger partial charge in [-0.05, 0) is 38.7 Å². The molecule has 0 unspecified atom stereocenters. The maximum Gasteiger partial charge on any atom is 0.216 e. The van der Waals surface area contributed by atoms with E-state index in [1.54, 1.807) is 18.2 Å². The van der Waals surface area contributed by atoms with Crippen LogP contribution in [0.15, 0.2) is 0 Å². The molecule has 5 nitrogen and oxygen atoms in total. The first kappa shape index (κ1) is 13.1. The molecular formula is C13H21N3O2S. The molecule has 1 aliphatic heterocycles. The van der Waals surface area contributed by atoms with Crippen LogP contribution in [0.3, 0.4) is 0 Å². The van der Waals surface area contributed by atoms with E-state index in [2.05, 4.69) is 10.2 Å². The van der Waals surface area contributed by atoms with Gasteiger partial charge in [-0.15, -0.1) is 0 Å². The Morgan fingerprint density at radius 1 is 1.26 bits per heavy atom. The molecule has 1 aromatic rings. The Morgan fingerprint density at radius 3 is 2.58 bits per heavy atom. The zero-order valence-corrected chi connectivity index (χ0v) is 12.3. The smallest absolute Gasteiger partial charge is 0.216 e. The zero-order chi connectivity index (χ0) is 13.6. The van der Waals surface area contributed by atoms with Gasteiger partial charge in [-0.1, -0.05) is 0 Å². The van der Waals surface area contributed by atoms with E-state index < -0.39 is 10.0 Å². The normalized spacial score (nSPS) is 21.4. The average Bonchev–Trinajstić information content (AvgIpc) is 3.15. The SMILES string of the molecule is CC(C)S(=O)(=O)N1CCc2[nH]nc(C3CC3)c2CC1. The molecule has 0 radical (unpaired) electrons. The van der Waals surface area contributed by atoms with Crippen molar-refractivity contribution in [1.29, 1.82) is 0 Å². The quantitative estimate of drug-likeness (QED) is 0.912. The number of nitrogens with one attached hydrogen (secondary N) is 1. The van der Waals surface area contributed by atoms with Crippen molar-refractivity contribution in [2.45, 2.75) is 50.7 Å². The van der Waals surface area contributed by atoms with Crippen molar-refractivity contribution in [3.8, 4) is 0 Å². The summed E-state index contributed by atoms with van der Waals surface area (Å²) in [5.41, 5.74) is 3.62. The molecule has 1 saturated carbocycles. The van der Waals surface area contributed by atoms with Crippen molar-refractivity contribution in [3.63, 3.8) is 0 Å². The minimum atomic E-state index is -3.14. The maximum absolute atomic E-state index is 12.2. The molecule has 1 aliphatic carbocycles. The number of fused-ring (bicyclic) bond motifs is 1. The first-order chi connectivity index (χ1) is 9.00. The number of aromatic amines is 1. The van der Waals surface area contributed by atoms with Gasteiger partial charge in [-0.2, -0.15) is 5.10 Å². The fourth-order valence-corrected chi connectivity index (χ4v) is 4.02. The van der Waals surface area contributed by atoms with Crippen LogP contribution in [0.1, 0.15) is 49.6 Å². The molecule has 0 spiro atoms. The van der Waals surface area contributed by atoms with E-state index in [0.29, 0.717) is 19.0 Å². The lowest BCUT2D eigenvalue weighted by Gasteiger charge is -2.22. The summed E-state index contributed by atoms with van der Waals surface area (Å²) in [7, 11) is -3.14. The molecule has 19 heavy (non-hydrogen) atoms. The first-order valence-corrected chi connectivity index (χ1v) is 8.55. The molecule has 6 heteroatoms. The molecule has 1 N–H and O–H groups in total. The van der Waals surface area contributed by atoms with Gasteiger partial charge in [0.1, 0.15) is 0 Å². The van der Waals surface area contributed by atoms with Crippen LogP contribution in [0.25, 0.3) is 0 Å². The highest BCUT2D eigenvalue weighted by Crippen LogP contribution is 2.41. The van der Waals surface area contributed by atoms with Crippen LogP contribution < -0.4 is 0 Å². The van der Waals surface area contributed by atoms with E-state index in [0.717, 1.165) is 18.5 Å². The van der Waals surface area contributed by atoms with E-state index in [1.807, 2.05) is 0 Å². The number of nitrogens with zero attached hydrogens (tertiary/aromatic N) is 2. The fourth-order valence-electron chi connectivity index (χ4n) is 2.73. The molecule has 3 rings (SSSR count). The Hall–Kier alpha value is -0.880. The van der Waals surface area contributed by atoms with Crippen LogP contribution >= 0.6 is 0 Å². The van der Waals surface area contributed by atoms with Crippen molar-refractivity contribution < 1.29 is 8.42 Å². The predicted octanol–water partition coefficient (Wildman–Crippen LogP) is 1.43. The molecule has 0 atom stereocenters. The average molecular weight is 283 g/mol. The molecule has 0 bridgehead atoms. The maximum atomic E-state index is 12.2. The second-order valence-electron chi connectivity index (χ2n) is 5.83. The van der Waals surface area contributed by atoms with Gasteiger partial charge in [0.15, 0.2) is 0 Å². The van der Waals surface area contributed by atoms with Crippen LogP contribution in [-0.4, -0.2) is 41.3 Å². The fraction of sp³-hybridized carbons (Fsp3) is 0.769. The molecular weight excluding hydrogens is 262 g/mol. The lowest BCUT2D eigenvalue weighted by atomic mass is 10.1. The van der Waals surface area contributed by atoms with E-state index in [9.17, 15) is 8.42 Å². The van der Waals surface area contributed by atoms with Gasteiger partial charge in [0.25, 0.3) is 0 Å². The summed E-state index contributed by atoms with van der Waals surface area (Å²) in [5.74, 6) is 0.619. The third-order valence-corrected chi connectivity index (χ3v) is 6.40. The van der Waals surface area contributed by atoms with Crippen LogP contribution in [0.5, 0.6) is 0 Å². The molecule has 0 amide bonds. The van der Waals surface area contributed by atoms with Gasteiger partial charge < -0.3 is 0 Å². The topological polar surface area (TPSA) is 66.1 Å². The second-order valence-corrected chi connectivity index (χ2v) is 8.32. The van der Waals surface area contributed by atoms with E-state index in [1.165, 1.54) is 24.1 Å². The largest absolute Gasteiger partial charge is 0.282 e. The third-order valence-electron chi connectivity index (χ3n) is 4.13. The van der Waals surface area contributed by atoms with Gasteiger partial charge in [0, 0.05) is 31.1 Å². The molecule has 1 fully saturated rings. The summed E-state index contributed by atoms with van der Waals surface area (Å²) in [6.45, 7) is 4.65. The standard InChI is InChI=1S/C13H21N3O2S/c1-9(2)19(17,18)16-7-5-11-12(6-8-16)14-15-13(11)10-3-4-10/h9-10H,3-8H2,1-2H3,(H,14,15). The lowest BCUT2D eigenvalue weighted by Crippen LogP contribution is -2.38. The summed E-state index contributed by atoms with van der Waals surface area (Å²) in [5, 5.41) is 7.21. The van der Waals surface area contributed by atoms with E-state index in [4.69, 9.17) is 0 Å². The molecule has 0 aromatic carbocycles. The van der Waals surface area contributed by atoms with Crippen molar-refractivity contribution in [2.24, 2.45) is 0 Å². The highest BCUT2D eigenvalue weighted by atomic mass is 32.2. The first-order valence-electron chi connectivity index (χ1n) is 7.05. The number of rotatable bonds is 3. The molecule has 0 saturated heterocycles. The summed E-state index contributed by atoms with van der Waals surface area (Å²) in [6.07, 6.45) is 4.00. The number of H-pyrrole nitrogens is 1. The predicted molar refractivity (Wildman–Crippen MR) is 73.6 cm³/mol.